The third-order valence-electron chi connectivity index (χ3n) is 3.78. The first-order chi connectivity index (χ1) is 12.4. The second kappa shape index (κ2) is 8.76. The van der Waals surface area contributed by atoms with Crippen molar-refractivity contribution in [1.29, 1.82) is 0 Å². The predicted octanol–water partition coefficient (Wildman–Crippen LogP) is 3.85. The van der Waals surface area contributed by atoms with E-state index < -0.39 is 0 Å². The highest BCUT2D eigenvalue weighted by Crippen LogP contribution is 2.13. The molecule has 26 heavy (non-hydrogen) atoms. The van der Waals surface area contributed by atoms with Gasteiger partial charge in [-0.25, -0.2) is 5.10 Å². The number of hydrogen-bond acceptors (Lipinski definition) is 4. The van der Waals surface area contributed by atoms with Crippen LogP contribution < -0.4 is 10.9 Å². The molecule has 134 valence electrons. The first-order valence-corrected chi connectivity index (χ1v) is 8.32. The summed E-state index contributed by atoms with van der Waals surface area (Å²) >= 11 is 0. The summed E-state index contributed by atoms with van der Waals surface area (Å²) in [5, 5.41) is 9.81. The van der Waals surface area contributed by atoms with Gasteiger partial charge in [0.2, 0.25) is 0 Å². The van der Waals surface area contributed by atoms with Crippen LogP contribution in [0.15, 0.2) is 65.0 Å². The smallest absolute Gasteiger partial charge is 0.273 e. The van der Waals surface area contributed by atoms with Crippen molar-refractivity contribution in [1.82, 2.24) is 15.5 Å². The number of H-pyrrole nitrogens is 1. The maximum Gasteiger partial charge on any atom is 0.273 e. The number of hydrogen-bond donors (Lipinski definition) is 2. The van der Waals surface area contributed by atoms with E-state index in [4.69, 9.17) is 0 Å². The Bertz CT molecular complexity index is 918. The van der Waals surface area contributed by atoms with Gasteiger partial charge >= 0.3 is 0 Å². The zero-order valence-corrected chi connectivity index (χ0v) is 15.5. The lowest BCUT2D eigenvalue weighted by molar-refractivity contribution is 0.879. The Kier molecular flexibility index (Phi) is 6.44. The highest BCUT2D eigenvalue weighted by Gasteiger charge is 2.08. The van der Waals surface area contributed by atoms with Crippen molar-refractivity contribution in [2.24, 2.45) is 4.99 Å². The number of rotatable bonds is 7. The van der Waals surface area contributed by atoms with Gasteiger partial charge in [0.05, 0.1) is 11.3 Å². The van der Waals surface area contributed by atoms with Crippen LogP contribution in [0.25, 0.3) is 11.3 Å². The van der Waals surface area contributed by atoms with Gasteiger partial charge in [0, 0.05) is 24.2 Å². The van der Waals surface area contributed by atoms with Crippen LogP contribution in [0.2, 0.25) is 0 Å². The van der Waals surface area contributed by atoms with Crippen LogP contribution in [0.3, 0.4) is 0 Å². The van der Waals surface area contributed by atoms with E-state index in [-0.39, 0.29) is 5.56 Å². The average Bonchev–Trinajstić information content (AvgIpc) is 2.61. The molecule has 1 aromatic heterocycles. The molecule has 0 bridgehead atoms. The largest absolute Gasteiger partial charge is 0.381 e. The van der Waals surface area contributed by atoms with Crippen LogP contribution in [0.5, 0.6) is 0 Å². The Morgan fingerprint density at radius 3 is 2.62 bits per heavy atom. The Balaban J connectivity index is 2.15. The molecule has 0 saturated carbocycles. The number of aromatic amines is 1. The average molecular weight is 348 g/mol. The molecule has 1 heterocycles. The summed E-state index contributed by atoms with van der Waals surface area (Å²) in [5.41, 5.74) is 5.32. The fourth-order valence-electron chi connectivity index (χ4n) is 2.20. The zero-order valence-electron chi connectivity index (χ0n) is 15.5. The van der Waals surface area contributed by atoms with E-state index >= 15 is 0 Å². The minimum Gasteiger partial charge on any atom is -0.381 e. The monoisotopic (exact) mass is 348 g/mol. The van der Waals surface area contributed by atoms with Crippen molar-refractivity contribution in [3.05, 3.63) is 88.0 Å². The number of benzene rings is 1. The van der Waals surface area contributed by atoms with Gasteiger partial charge < -0.3 is 5.32 Å². The maximum absolute atomic E-state index is 12.1. The van der Waals surface area contributed by atoms with Crippen molar-refractivity contribution in [2.75, 3.05) is 0 Å². The molecule has 0 saturated heterocycles. The molecular weight excluding hydrogens is 324 g/mol. The zero-order chi connectivity index (χ0) is 19.1. The molecule has 0 atom stereocenters. The van der Waals surface area contributed by atoms with Gasteiger partial charge in [-0.15, -0.1) is 0 Å². The standard InChI is InChI=1S/C21H24N4O/c1-14(2)22-11-10-16(4)20-12-19(21(26)25-24-20)17(5)23-13-18-8-6-15(3)7-9-18/h6-12,23H,1,5,13H2,2-4H3,(H,25,26)/b16-10+,22-11?. The van der Waals surface area contributed by atoms with Gasteiger partial charge in [0.15, 0.2) is 0 Å². The lowest BCUT2D eigenvalue weighted by Crippen LogP contribution is -2.20. The number of aliphatic imine (C=N–C) groups is 1. The topological polar surface area (TPSA) is 70.1 Å². The molecule has 5 nitrogen and oxygen atoms in total. The SMILES string of the molecule is C=C(C)N=C/C=C(\C)c1cc(C(=C)NCc2ccc(C)cc2)c(=O)[nH]n1. The van der Waals surface area contributed by atoms with E-state index in [9.17, 15) is 4.79 Å². The van der Waals surface area contributed by atoms with E-state index in [2.05, 4.69) is 45.8 Å². The van der Waals surface area contributed by atoms with Gasteiger partial charge in [-0.05, 0) is 44.1 Å². The molecule has 0 spiro atoms. The first kappa shape index (κ1) is 19.1. The molecule has 0 radical (unpaired) electrons. The minimum atomic E-state index is -0.279. The molecule has 0 aliphatic carbocycles. The van der Waals surface area contributed by atoms with Crippen molar-refractivity contribution in [2.45, 2.75) is 27.3 Å². The predicted molar refractivity (Wildman–Crippen MR) is 109 cm³/mol. The molecule has 0 aliphatic rings. The van der Waals surface area contributed by atoms with E-state index in [0.29, 0.717) is 23.5 Å². The van der Waals surface area contributed by atoms with Gasteiger partial charge in [-0.2, -0.15) is 5.10 Å². The summed E-state index contributed by atoms with van der Waals surface area (Å²) in [4.78, 5) is 16.2. The maximum atomic E-state index is 12.1. The van der Waals surface area contributed by atoms with Gasteiger partial charge in [0.25, 0.3) is 5.56 Å². The third kappa shape index (κ3) is 5.41. The highest BCUT2D eigenvalue weighted by atomic mass is 16.1. The fourth-order valence-corrected chi connectivity index (χ4v) is 2.20. The van der Waals surface area contributed by atoms with Crippen molar-refractivity contribution in [3.8, 4) is 0 Å². The highest BCUT2D eigenvalue weighted by molar-refractivity contribution is 5.83. The number of nitrogens with zero attached hydrogens (tertiary/aromatic N) is 2. The summed E-state index contributed by atoms with van der Waals surface area (Å²) in [6.45, 7) is 14.1. The summed E-state index contributed by atoms with van der Waals surface area (Å²) < 4.78 is 0. The Morgan fingerprint density at radius 1 is 1.27 bits per heavy atom. The van der Waals surface area contributed by atoms with Gasteiger partial charge in [0.1, 0.15) is 0 Å². The van der Waals surface area contributed by atoms with Crippen molar-refractivity contribution >= 4 is 17.5 Å². The lowest BCUT2D eigenvalue weighted by Gasteiger charge is -2.10. The summed E-state index contributed by atoms with van der Waals surface area (Å²) in [6.07, 6.45) is 3.48. The normalized spacial score (nSPS) is 11.6. The Hall–Kier alpha value is -3.21. The molecule has 2 rings (SSSR count). The quantitative estimate of drug-likeness (QED) is 0.747. The number of allylic oxidation sites excluding steroid dienone is 3. The lowest BCUT2D eigenvalue weighted by atomic mass is 10.1. The molecule has 2 N–H and O–H groups in total. The second-order valence-electron chi connectivity index (χ2n) is 6.18. The van der Waals surface area contributed by atoms with Gasteiger partial charge in [-0.1, -0.05) is 43.0 Å². The number of aryl methyl sites for hydroxylation is 1. The first-order valence-electron chi connectivity index (χ1n) is 8.32. The van der Waals surface area contributed by atoms with Crippen LogP contribution in [-0.2, 0) is 6.54 Å². The molecule has 1 aromatic carbocycles. The molecule has 0 aliphatic heterocycles. The van der Waals surface area contributed by atoms with Crippen molar-refractivity contribution < 1.29 is 0 Å². The van der Waals surface area contributed by atoms with E-state index in [0.717, 1.165) is 16.8 Å². The van der Waals surface area contributed by atoms with E-state index in [1.165, 1.54) is 5.56 Å². The number of aromatic nitrogens is 2. The third-order valence-corrected chi connectivity index (χ3v) is 3.78. The van der Waals surface area contributed by atoms with Crippen molar-refractivity contribution in [3.63, 3.8) is 0 Å². The Morgan fingerprint density at radius 2 is 1.96 bits per heavy atom. The van der Waals surface area contributed by atoms with Crippen LogP contribution >= 0.6 is 0 Å². The van der Waals surface area contributed by atoms with Gasteiger partial charge in [-0.3, -0.25) is 9.79 Å². The molecule has 2 aromatic rings. The molecule has 0 fully saturated rings. The minimum absolute atomic E-state index is 0.279. The van der Waals surface area contributed by atoms with Crippen LogP contribution in [0.1, 0.15) is 36.2 Å². The summed E-state index contributed by atoms with van der Waals surface area (Å²) in [7, 11) is 0. The van der Waals surface area contributed by atoms with Crippen LogP contribution in [0.4, 0.5) is 0 Å². The molecular formula is C21H24N4O. The molecule has 0 amide bonds. The Labute approximate surface area is 153 Å². The molecule has 0 unspecified atom stereocenters. The number of nitrogens with one attached hydrogen (secondary N) is 2. The van der Waals surface area contributed by atoms with Crippen LogP contribution in [-0.4, -0.2) is 16.4 Å². The summed E-state index contributed by atoms with van der Waals surface area (Å²) in [5.74, 6) is 0. The van der Waals surface area contributed by atoms with Crippen LogP contribution in [0, 0.1) is 6.92 Å². The second-order valence-corrected chi connectivity index (χ2v) is 6.18. The summed E-state index contributed by atoms with van der Waals surface area (Å²) in [6, 6.07) is 9.93. The van der Waals surface area contributed by atoms with E-state index in [1.54, 1.807) is 12.3 Å². The van der Waals surface area contributed by atoms with E-state index in [1.807, 2.05) is 39.0 Å². The molecule has 5 heteroatoms. The fraction of sp³-hybridized carbons (Fsp3) is 0.190.